The number of benzene rings is 2. The van der Waals surface area contributed by atoms with Crippen LogP contribution in [0.5, 0.6) is 0 Å². The Bertz CT molecular complexity index is 1170. The highest BCUT2D eigenvalue weighted by atomic mass is 16.1. The van der Waals surface area contributed by atoms with Gasteiger partial charge in [0.2, 0.25) is 5.91 Å². The molecular weight excluding hydrogens is 386 g/mol. The average Bonchev–Trinajstić information content (AvgIpc) is 3.40. The Labute approximate surface area is 181 Å². The lowest BCUT2D eigenvalue weighted by Gasteiger charge is -2.31. The number of fused-ring (bicyclic) bond motifs is 1. The molecule has 6 nitrogen and oxygen atoms in total. The normalized spacial score (nSPS) is 15.4. The Hall–Kier alpha value is -3.38. The molecule has 4 aromatic rings. The minimum Gasteiger partial charge on any atom is -0.355 e. The molecule has 0 saturated carbocycles. The van der Waals surface area contributed by atoms with E-state index in [2.05, 4.69) is 49.0 Å². The molecule has 1 aliphatic heterocycles. The third-order valence-electron chi connectivity index (χ3n) is 6.22. The van der Waals surface area contributed by atoms with Crippen molar-refractivity contribution in [1.29, 1.82) is 0 Å². The maximum absolute atomic E-state index is 12.9. The van der Waals surface area contributed by atoms with E-state index in [9.17, 15) is 4.79 Å². The molecule has 1 amide bonds. The number of H-pyrrole nitrogens is 1. The van der Waals surface area contributed by atoms with Gasteiger partial charge in [-0.15, -0.1) is 0 Å². The molecule has 0 spiro atoms. The molecular formula is C25H27N5O. The van der Waals surface area contributed by atoms with Gasteiger partial charge in [0.25, 0.3) is 0 Å². The Morgan fingerprint density at radius 2 is 1.97 bits per heavy atom. The number of piperidine rings is 1. The zero-order valence-corrected chi connectivity index (χ0v) is 17.7. The van der Waals surface area contributed by atoms with Gasteiger partial charge in [0.15, 0.2) is 0 Å². The number of amides is 1. The highest BCUT2D eigenvalue weighted by Crippen LogP contribution is 2.27. The number of likely N-dealkylation sites (tertiary alicyclic amines) is 1. The lowest BCUT2D eigenvalue weighted by molar-refractivity contribution is -0.121. The van der Waals surface area contributed by atoms with Gasteiger partial charge in [-0.1, -0.05) is 30.3 Å². The van der Waals surface area contributed by atoms with Crippen molar-refractivity contribution < 1.29 is 4.79 Å². The van der Waals surface area contributed by atoms with Gasteiger partial charge in [0, 0.05) is 53.2 Å². The summed E-state index contributed by atoms with van der Waals surface area (Å²) in [6.07, 6.45) is 5.55. The summed E-state index contributed by atoms with van der Waals surface area (Å²) in [4.78, 5) is 23.1. The average molecular weight is 414 g/mol. The fourth-order valence-electron chi connectivity index (χ4n) is 4.34. The molecule has 0 atom stereocenters. The SMILES string of the molecule is Cn1ccnc1CN1CCC(C(=O)Nc2cccc(-c3cc4ccccc4[nH]3)c2)CC1. The summed E-state index contributed by atoms with van der Waals surface area (Å²) in [5.41, 5.74) is 4.08. The van der Waals surface area contributed by atoms with Crippen molar-refractivity contribution in [3.63, 3.8) is 0 Å². The van der Waals surface area contributed by atoms with Crippen LogP contribution in [-0.4, -0.2) is 38.4 Å². The van der Waals surface area contributed by atoms with E-state index in [1.54, 1.807) is 0 Å². The predicted molar refractivity (Wildman–Crippen MR) is 124 cm³/mol. The Morgan fingerprint density at radius 1 is 1.13 bits per heavy atom. The number of nitrogens with one attached hydrogen (secondary N) is 2. The highest BCUT2D eigenvalue weighted by molar-refractivity contribution is 5.93. The van der Waals surface area contributed by atoms with Crippen molar-refractivity contribution in [2.24, 2.45) is 13.0 Å². The van der Waals surface area contributed by atoms with E-state index in [1.165, 1.54) is 5.39 Å². The fourth-order valence-corrected chi connectivity index (χ4v) is 4.34. The number of carbonyl (C=O) groups is 1. The van der Waals surface area contributed by atoms with Gasteiger partial charge in [-0.05, 0) is 50.2 Å². The number of rotatable bonds is 5. The van der Waals surface area contributed by atoms with Crippen LogP contribution in [0.25, 0.3) is 22.2 Å². The molecule has 158 valence electrons. The van der Waals surface area contributed by atoms with Gasteiger partial charge in [0.1, 0.15) is 5.82 Å². The number of nitrogens with zero attached hydrogens (tertiary/aromatic N) is 3. The Morgan fingerprint density at radius 3 is 2.74 bits per heavy atom. The second-order valence-electron chi connectivity index (χ2n) is 8.35. The van der Waals surface area contributed by atoms with E-state index in [-0.39, 0.29) is 11.8 Å². The van der Waals surface area contributed by atoms with Crippen LogP contribution < -0.4 is 5.32 Å². The molecule has 2 aromatic heterocycles. The van der Waals surface area contributed by atoms with E-state index in [1.807, 2.05) is 49.8 Å². The standard InChI is InChI=1S/C25H27N5O/c1-29-14-11-26-24(29)17-30-12-9-18(10-13-30)25(31)27-21-7-4-6-19(15-21)23-16-20-5-2-3-8-22(20)28-23/h2-8,11,14-16,18,28H,9-10,12-13,17H2,1H3,(H,27,31). The third-order valence-corrected chi connectivity index (χ3v) is 6.22. The van der Waals surface area contributed by atoms with Crippen molar-refractivity contribution in [3.05, 3.63) is 72.8 Å². The van der Waals surface area contributed by atoms with Gasteiger partial charge in [0.05, 0.1) is 6.54 Å². The number of aryl methyl sites for hydroxylation is 1. The van der Waals surface area contributed by atoms with Crippen LogP contribution in [0.4, 0.5) is 5.69 Å². The zero-order valence-electron chi connectivity index (χ0n) is 17.7. The Balaban J connectivity index is 1.21. The zero-order chi connectivity index (χ0) is 21.2. The number of aromatic nitrogens is 3. The van der Waals surface area contributed by atoms with Crippen LogP contribution in [0.1, 0.15) is 18.7 Å². The van der Waals surface area contributed by atoms with Gasteiger partial charge in [-0.25, -0.2) is 4.98 Å². The maximum atomic E-state index is 12.9. The number of hydrogen-bond donors (Lipinski definition) is 2. The smallest absolute Gasteiger partial charge is 0.227 e. The number of para-hydroxylation sites is 1. The summed E-state index contributed by atoms with van der Waals surface area (Å²) in [5.74, 6) is 1.23. The van der Waals surface area contributed by atoms with Gasteiger partial charge in [-0.2, -0.15) is 0 Å². The van der Waals surface area contributed by atoms with Crippen molar-refractivity contribution in [2.75, 3.05) is 18.4 Å². The molecule has 31 heavy (non-hydrogen) atoms. The molecule has 1 aliphatic rings. The molecule has 1 fully saturated rings. The molecule has 2 N–H and O–H groups in total. The van der Waals surface area contributed by atoms with Crippen LogP contribution in [0, 0.1) is 5.92 Å². The van der Waals surface area contributed by atoms with E-state index in [0.717, 1.165) is 60.8 Å². The molecule has 0 aliphatic carbocycles. The van der Waals surface area contributed by atoms with Crippen molar-refractivity contribution in [1.82, 2.24) is 19.4 Å². The second kappa shape index (κ2) is 8.40. The largest absolute Gasteiger partial charge is 0.355 e. The van der Waals surface area contributed by atoms with Crippen molar-refractivity contribution in [2.45, 2.75) is 19.4 Å². The van der Waals surface area contributed by atoms with Crippen LogP contribution >= 0.6 is 0 Å². The van der Waals surface area contributed by atoms with Gasteiger partial charge >= 0.3 is 0 Å². The fraction of sp³-hybridized carbons (Fsp3) is 0.280. The molecule has 0 radical (unpaired) electrons. The number of anilines is 1. The first-order valence-electron chi connectivity index (χ1n) is 10.8. The van der Waals surface area contributed by atoms with Crippen molar-refractivity contribution in [3.8, 4) is 11.3 Å². The third kappa shape index (κ3) is 4.25. The molecule has 6 heteroatoms. The van der Waals surface area contributed by atoms with Crippen LogP contribution in [-0.2, 0) is 18.4 Å². The van der Waals surface area contributed by atoms with Crippen LogP contribution in [0.3, 0.4) is 0 Å². The second-order valence-corrected chi connectivity index (χ2v) is 8.35. The molecule has 0 bridgehead atoms. The van der Waals surface area contributed by atoms with Crippen molar-refractivity contribution >= 4 is 22.5 Å². The summed E-state index contributed by atoms with van der Waals surface area (Å²) < 4.78 is 2.05. The lowest BCUT2D eigenvalue weighted by atomic mass is 9.95. The first kappa shape index (κ1) is 19.6. The summed E-state index contributed by atoms with van der Waals surface area (Å²) in [5, 5.41) is 4.32. The van der Waals surface area contributed by atoms with Gasteiger partial charge < -0.3 is 14.9 Å². The summed E-state index contributed by atoms with van der Waals surface area (Å²) in [6, 6.07) is 18.4. The number of aromatic amines is 1. The molecule has 0 unspecified atom stereocenters. The van der Waals surface area contributed by atoms with E-state index < -0.39 is 0 Å². The lowest BCUT2D eigenvalue weighted by Crippen LogP contribution is -2.38. The van der Waals surface area contributed by atoms with Gasteiger partial charge in [-0.3, -0.25) is 9.69 Å². The van der Waals surface area contributed by atoms with E-state index in [4.69, 9.17) is 0 Å². The predicted octanol–water partition coefficient (Wildman–Crippen LogP) is 4.42. The minimum atomic E-state index is 0.0503. The summed E-state index contributed by atoms with van der Waals surface area (Å²) >= 11 is 0. The maximum Gasteiger partial charge on any atom is 0.227 e. The number of hydrogen-bond acceptors (Lipinski definition) is 3. The molecule has 5 rings (SSSR count). The number of imidazole rings is 1. The van der Waals surface area contributed by atoms with E-state index in [0.29, 0.717) is 0 Å². The first-order valence-corrected chi connectivity index (χ1v) is 10.8. The minimum absolute atomic E-state index is 0.0503. The molecule has 1 saturated heterocycles. The topological polar surface area (TPSA) is 66.0 Å². The quantitative estimate of drug-likeness (QED) is 0.509. The molecule has 3 heterocycles. The summed E-state index contributed by atoms with van der Waals surface area (Å²) in [7, 11) is 2.02. The Kier molecular flexibility index (Phi) is 5.30. The molecule has 2 aromatic carbocycles. The van der Waals surface area contributed by atoms with Crippen LogP contribution in [0.2, 0.25) is 0 Å². The first-order chi connectivity index (χ1) is 15.2. The summed E-state index contributed by atoms with van der Waals surface area (Å²) in [6.45, 7) is 2.67. The number of carbonyl (C=O) groups excluding carboxylic acids is 1. The van der Waals surface area contributed by atoms with E-state index >= 15 is 0 Å². The van der Waals surface area contributed by atoms with Crippen LogP contribution in [0.15, 0.2) is 67.0 Å². The highest BCUT2D eigenvalue weighted by Gasteiger charge is 2.25. The monoisotopic (exact) mass is 413 g/mol.